The molecule has 1 heterocycles. The molecule has 0 aliphatic heterocycles. The van der Waals surface area contributed by atoms with E-state index < -0.39 is 11.7 Å². The molecule has 0 aliphatic carbocycles. The molecule has 0 aliphatic rings. The first kappa shape index (κ1) is 17.6. The first-order valence-electron chi connectivity index (χ1n) is 7.72. The molecule has 0 saturated heterocycles. The van der Waals surface area contributed by atoms with Crippen molar-refractivity contribution in [3.05, 3.63) is 72.6 Å². The molecule has 1 N–H and O–H groups in total. The van der Waals surface area contributed by atoms with Gasteiger partial charge in [0.05, 0.1) is 23.3 Å². The highest BCUT2D eigenvalue weighted by Crippen LogP contribution is 2.32. The SMILES string of the molecule is C=CC(=O)NCc1nc(-c2ccc(C(F)(F)F)cc2)c2ccccc2n1. The van der Waals surface area contributed by atoms with Crippen LogP contribution in [0.25, 0.3) is 22.2 Å². The fourth-order valence-corrected chi connectivity index (χ4v) is 2.48. The normalized spacial score (nSPS) is 11.3. The first-order chi connectivity index (χ1) is 12.4. The lowest BCUT2D eigenvalue weighted by Gasteiger charge is -2.11. The van der Waals surface area contributed by atoms with E-state index in [0.717, 1.165) is 18.2 Å². The number of nitrogens with zero attached hydrogens (tertiary/aromatic N) is 2. The van der Waals surface area contributed by atoms with E-state index in [2.05, 4.69) is 21.9 Å². The molecule has 0 unspecified atom stereocenters. The number of benzene rings is 2. The predicted molar refractivity (Wildman–Crippen MR) is 92.0 cm³/mol. The number of para-hydroxylation sites is 1. The summed E-state index contributed by atoms with van der Waals surface area (Å²) in [7, 11) is 0. The number of nitrogens with one attached hydrogen (secondary N) is 1. The van der Waals surface area contributed by atoms with E-state index in [1.54, 1.807) is 24.3 Å². The van der Waals surface area contributed by atoms with Gasteiger partial charge < -0.3 is 5.32 Å². The van der Waals surface area contributed by atoms with Crippen LogP contribution in [-0.2, 0) is 17.5 Å². The summed E-state index contributed by atoms with van der Waals surface area (Å²) in [6.07, 6.45) is -3.26. The first-order valence-corrected chi connectivity index (χ1v) is 7.72. The number of fused-ring (bicyclic) bond motifs is 1. The van der Waals surface area contributed by atoms with E-state index >= 15 is 0 Å². The quantitative estimate of drug-likeness (QED) is 0.715. The van der Waals surface area contributed by atoms with Crippen LogP contribution in [-0.4, -0.2) is 15.9 Å². The summed E-state index contributed by atoms with van der Waals surface area (Å²) >= 11 is 0. The van der Waals surface area contributed by atoms with Crippen molar-refractivity contribution in [2.45, 2.75) is 12.7 Å². The molecule has 0 spiro atoms. The van der Waals surface area contributed by atoms with Crippen molar-refractivity contribution in [2.75, 3.05) is 0 Å². The van der Waals surface area contributed by atoms with E-state index in [1.807, 2.05) is 0 Å². The van der Waals surface area contributed by atoms with Crippen LogP contribution in [0.1, 0.15) is 11.4 Å². The molecule has 7 heteroatoms. The van der Waals surface area contributed by atoms with Crippen LogP contribution in [0.5, 0.6) is 0 Å². The third kappa shape index (κ3) is 3.72. The number of carbonyl (C=O) groups is 1. The second-order valence-corrected chi connectivity index (χ2v) is 5.50. The number of hydrogen-bond donors (Lipinski definition) is 1. The van der Waals surface area contributed by atoms with Crippen LogP contribution < -0.4 is 5.32 Å². The molecule has 0 atom stereocenters. The Morgan fingerprint density at radius 3 is 2.42 bits per heavy atom. The molecular formula is C19H14F3N3O. The summed E-state index contributed by atoms with van der Waals surface area (Å²) in [5, 5.41) is 3.30. The predicted octanol–water partition coefficient (Wildman–Crippen LogP) is 4.12. The van der Waals surface area contributed by atoms with E-state index in [0.29, 0.717) is 28.0 Å². The standard InChI is InChI=1S/C19H14F3N3O/c1-2-17(26)23-11-16-24-15-6-4-3-5-14(15)18(25-16)12-7-9-13(10-8-12)19(20,21)22/h2-10H,1,11H2,(H,23,26). The molecular weight excluding hydrogens is 343 g/mol. The molecule has 0 saturated carbocycles. The lowest BCUT2D eigenvalue weighted by molar-refractivity contribution is -0.137. The average Bonchev–Trinajstić information content (AvgIpc) is 2.64. The second kappa shape index (κ2) is 6.95. The van der Waals surface area contributed by atoms with Crippen LogP contribution in [0.2, 0.25) is 0 Å². The third-order valence-electron chi connectivity index (χ3n) is 3.74. The maximum absolute atomic E-state index is 12.8. The average molecular weight is 357 g/mol. The zero-order chi connectivity index (χ0) is 18.7. The van der Waals surface area contributed by atoms with Crippen LogP contribution >= 0.6 is 0 Å². The number of carbonyl (C=O) groups excluding carboxylic acids is 1. The Hall–Kier alpha value is -3.22. The Bertz CT molecular complexity index is 966. The molecule has 0 radical (unpaired) electrons. The Balaban J connectivity index is 2.05. The summed E-state index contributed by atoms with van der Waals surface area (Å²) in [6.45, 7) is 3.46. The molecule has 3 aromatic rings. The molecule has 2 aromatic carbocycles. The second-order valence-electron chi connectivity index (χ2n) is 5.50. The van der Waals surface area contributed by atoms with E-state index in [4.69, 9.17) is 0 Å². The molecule has 1 amide bonds. The van der Waals surface area contributed by atoms with Crippen LogP contribution in [0.3, 0.4) is 0 Å². The number of rotatable bonds is 4. The van der Waals surface area contributed by atoms with Gasteiger partial charge in [0.25, 0.3) is 0 Å². The van der Waals surface area contributed by atoms with Crippen LogP contribution in [0.15, 0.2) is 61.2 Å². The van der Waals surface area contributed by atoms with Gasteiger partial charge in [-0.2, -0.15) is 13.2 Å². The molecule has 132 valence electrons. The number of halogens is 3. The molecule has 1 aromatic heterocycles. The van der Waals surface area contributed by atoms with E-state index in [9.17, 15) is 18.0 Å². The van der Waals surface area contributed by atoms with Gasteiger partial charge in [-0.1, -0.05) is 36.9 Å². The van der Waals surface area contributed by atoms with E-state index in [1.165, 1.54) is 12.1 Å². The van der Waals surface area contributed by atoms with Gasteiger partial charge >= 0.3 is 6.18 Å². The number of hydrogen-bond acceptors (Lipinski definition) is 3. The molecule has 3 rings (SSSR count). The smallest absolute Gasteiger partial charge is 0.345 e. The van der Waals surface area contributed by atoms with Crippen molar-refractivity contribution in [3.8, 4) is 11.3 Å². The minimum absolute atomic E-state index is 0.0866. The van der Waals surface area contributed by atoms with Gasteiger partial charge in [-0.3, -0.25) is 4.79 Å². The van der Waals surface area contributed by atoms with Crippen molar-refractivity contribution in [3.63, 3.8) is 0 Å². The van der Waals surface area contributed by atoms with Gasteiger partial charge in [-0.05, 0) is 24.3 Å². The zero-order valence-corrected chi connectivity index (χ0v) is 13.5. The van der Waals surface area contributed by atoms with Gasteiger partial charge in [0.15, 0.2) is 0 Å². The van der Waals surface area contributed by atoms with E-state index in [-0.39, 0.29) is 12.5 Å². The molecule has 26 heavy (non-hydrogen) atoms. The highest BCUT2D eigenvalue weighted by atomic mass is 19.4. The number of alkyl halides is 3. The van der Waals surface area contributed by atoms with Crippen LogP contribution in [0, 0.1) is 0 Å². The van der Waals surface area contributed by atoms with Gasteiger partial charge in [0.1, 0.15) is 5.82 Å². The fraction of sp³-hybridized carbons (Fsp3) is 0.105. The minimum Gasteiger partial charge on any atom is -0.345 e. The van der Waals surface area contributed by atoms with Gasteiger partial charge in [0, 0.05) is 10.9 Å². The maximum Gasteiger partial charge on any atom is 0.416 e. The lowest BCUT2D eigenvalue weighted by atomic mass is 10.0. The van der Waals surface area contributed by atoms with Gasteiger partial charge in [-0.25, -0.2) is 9.97 Å². The molecule has 0 bridgehead atoms. The molecule has 4 nitrogen and oxygen atoms in total. The third-order valence-corrected chi connectivity index (χ3v) is 3.74. The summed E-state index contributed by atoms with van der Waals surface area (Å²) in [5.41, 5.74) is 0.957. The largest absolute Gasteiger partial charge is 0.416 e. The topological polar surface area (TPSA) is 54.9 Å². The van der Waals surface area contributed by atoms with Crippen molar-refractivity contribution in [1.29, 1.82) is 0 Å². The number of aromatic nitrogens is 2. The molecule has 0 fully saturated rings. The zero-order valence-electron chi connectivity index (χ0n) is 13.5. The monoisotopic (exact) mass is 357 g/mol. The summed E-state index contributed by atoms with van der Waals surface area (Å²) in [6, 6.07) is 12.0. The Morgan fingerprint density at radius 1 is 1.08 bits per heavy atom. The Kier molecular flexibility index (Phi) is 4.71. The fourth-order valence-electron chi connectivity index (χ4n) is 2.48. The highest BCUT2D eigenvalue weighted by Gasteiger charge is 2.30. The van der Waals surface area contributed by atoms with Crippen molar-refractivity contribution in [1.82, 2.24) is 15.3 Å². The van der Waals surface area contributed by atoms with Gasteiger partial charge in [-0.15, -0.1) is 0 Å². The van der Waals surface area contributed by atoms with Gasteiger partial charge in [0.2, 0.25) is 5.91 Å². The van der Waals surface area contributed by atoms with Crippen molar-refractivity contribution in [2.24, 2.45) is 0 Å². The Labute approximate surface area is 147 Å². The van der Waals surface area contributed by atoms with Crippen molar-refractivity contribution >= 4 is 16.8 Å². The highest BCUT2D eigenvalue weighted by molar-refractivity contribution is 5.92. The summed E-state index contributed by atoms with van der Waals surface area (Å²) in [4.78, 5) is 20.2. The Morgan fingerprint density at radius 2 is 1.77 bits per heavy atom. The van der Waals surface area contributed by atoms with Crippen molar-refractivity contribution < 1.29 is 18.0 Å². The number of amides is 1. The summed E-state index contributed by atoms with van der Waals surface area (Å²) in [5.74, 6) is -0.00774. The summed E-state index contributed by atoms with van der Waals surface area (Å²) < 4.78 is 38.3. The minimum atomic E-state index is -4.40. The lowest BCUT2D eigenvalue weighted by Crippen LogP contribution is -2.21. The van der Waals surface area contributed by atoms with Crippen LogP contribution in [0.4, 0.5) is 13.2 Å². The maximum atomic E-state index is 12.8.